The highest BCUT2D eigenvalue weighted by atomic mass is 32.2. The monoisotopic (exact) mass is 289 g/mol. The van der Waals surface area contributed by atoms with Gasteiger partial charge in [-0.05, 0) is 50.9 Å². The fourth-order valence-electron chi connectivity index (χ4n) is 3.74. The van der Waals surface area contributed by atoms with Gasteiger partial charge in [0.15, 0.2) is 0 Å². The molecule has 1 aromatic heterocycles. The standard InChI is InChI=1S/C15H19N3OS/c1-18-9-2-3-10(18)7-12(6-9)20-11-4-5-13-14(8-11)17-15(19)16-13/h4-5,8-10,12H,2-3,6-7H2,1H3,(H2,16,17,19). The lowest BCUT2D eigenvalue weighted by Crippen LogP contribution is -2.40. The van der Waals surface area contributed by atoms with Gasteiger partial charge in [-0.25, -0.2) is 4.79 Å². The molecule has 0 radical (unpaired) electrons. The van der Waals surface area contributed by atoms with Crippen LogP contribution in [-0.2, 0) is 0 Å². The summed E-state index contributed by atoms with van der Waals surface area (Å²) in [5.74, 6) is 0. The van der Waals surface area contributed by atoms with E-state index in [1.54, 1.807) is 0 Å². The Hall–Kier alpha value is -1.20. The Bertz CT molecular complexity index is 678. The van der Waals surface area contributed by atoms with Gasteiger partial charge in [-0.3, -0.25) is 0 Å². The molecule has 5 heteroatoms. The van der Waals surface area contributed by atoms with E-state index in [9.17, 15) is 4.79 Å². The SMILES string of the molecule is CN1C2CCC1CC(Sc1ccc3[nH]c(=O)[nH]c3c1)C2. The van der Waals surface area contributed by atoms with E-state index in [1.165, 1.54) is 30.6 Å². The molecule has 4 rings (SSSR count). The van der Waals surface area contributed by atoms with Gasteiger partial charge in [-0.2, -0.15) is 0 Å². The largest absolute Gasteiger partial charge is 0.323 e. The van der Waals surface area contributed by atoms with E-state index in [-0.39, 0.29) is 5.69 Å². The summed E-state index contributed by atoms with van der Waals surface area (Å²) in [5, 5.41) is 0.715. The van der Waals surface area contributed by atoms with Crippen molar-refractivity contribution in [3.05, 3.63) is 28.7 Å². The third-order valence-corrected chi connectivity index (χ3v) is 6.09. The van der Waals surface area contributed by atoms with Crippen LogP contribution in [0.2, 0.25) is 0 Å². The summed E-state index contributed by atoms with van der Waals surface area (Å²) >= 11 is 1.98. The Morgan fingerprint density at radius 1 is 1.15 bits per heavy atom. The normalized spacial score (nSPS) is 30.1. The highest BCUT2D eigenvalue weighted by Gasteiger charge is 2.38. The topological polar surface area (TPSA) is 51.9 Å². The maximum Gasteiger partial charge on any atom is 0.323 e. The predicted molar refractivity (Wildman–Crippen MR) is 82.4 cm³/mol. The number of thioether (sulfide) groups is 1. The number of benzene rings is 1. The fourth-order valence-corrected chi connectivity index (χ4v) is 5.09. The molecule has 106 valence electrons. The molecule has 2 saturated heterocycles. The third kappa shape index (κ3) is 2.09. The zero-order chi connectivity index (χ0) is 13.7. The molecule has 2 atom stereocenters. The third-order valence-electron chi connectivity index (χ3n) is 4.85. The zero-order valence-electron chi connectivity index (χ0n) is 11.6. The molecule has 2 fully saturated rings. The molecule has 2 aliphatic heterocycles. The van der Waals surface area contributed by atoms with Crippen LogP contribution < -0.4 is 5.69 Å². The van der Waals surface area contributed by atoms with Crippen molar-refractivity contribution in [2.45, 2.75) is 47.9 Å². The summed E-state index contributed by atoms with van der Waals surface area (Å²) in [4.78, 5) is 20.8. The first-order valence-corrected chi connectivity index (χ1v) is 8.17. The lowest BCUT2D eigenvalue weighted by molar-refractivity contribution is 0.183. The van der Waals surface area contributed by atoms with Crippen LogP contribution in [0.25, 0.3) is 11.0 Å². The molecule has 2 N–H and O–H groups in total. The van der Waals surface area contributed by atoms with Gasteiger partial charge >= 0.3 is 5.69 Å². The molecule has 3 heterocycles. The molecule has 2 aromatic rings. The fraction of sp³-hybridized carbons (Fsp3) is 0.533. The van der Waals surface area contributed by atoms with Crippen molar-refractivity contribution in [3.8, 4) is 0 Å². The second-order valence-corrected chi connectivity index (χ2v) is 7.42. The molecule has 0 saturated carbocycles. The molecule has 2 bridgehead atoms. The van der Waals surface area contributed by atoms with Crippen molar-refractivity contribution in [2.24, 2.45) is 0 Å². The van der Waals surface area contributed by atoms with Gasteiger partial charge in [-0.15, -0.1) is 11.8 Å². The molecule has 0 aliphatic carbocycles. The van der Waals surface area contributed by atoms with E-state index >= 15 is 0 Å². The van der Waals surface area contributed by atoms with Gasteiger partial charge in [0, 0.05) is 22.2 Å². The minimum Gasteiger partial charge on any atom is -0.306 e. The summed E-state index contributed by atoms with van der Waals surface area (Å²) < 4.78 is 0. The molecular weight excluding hydrogens is 270 g/mol. The first kappa shape index (κ1) is 12.5. The smallest absolute Gasteiger partial charge is 0.306 e. The van der Waals surface area contributed by atoms with E-state index in [4.69, 9.17) is 0 Å². The minimum atomic E-state index is -0.125. The van der Waals surface area contributed by atoms with E-state index in [2.05, 4.69) is 34.0 Å². The van der Waals surface area contributed by atoms with Gasteiger partial charge < -0.3 is 14.9 Å². The lowest BCUT2D eigenvalue weighted by atomic mass is 10.0. The number of aromatic nitrogens is 2. The predicted octanol–water partition coefficient (Wildman–Crippen LogP) is 2.57. The molecule has 1 aromatic carbocycles. The molecule has 0 amide bonds. The Balaban J connectivity index is 1.54. The summed E-state index contributed by atoms with van der Waals surface area (Å²) in [5.41, 5.74) is 1.68. The van der Waals surface area contributed by atoms with E-state index in [1.807, 2.05) is 17.8 Å². The molecule has 20 heavy (non-hydrogen) atoms. The molecular formula is C15H19N3OS. The number of fused-ring (bicyclic) bond motifs is 3. The van der Waals surface area contributed by atoms with Crippen molar-refractivity contribution < 1.29 is 0 Å². The molecule has 4 nitrogen and oxygen atoms in total. The summed E-state index contributed by atoms with van der Waals surface area (Å²) in [7, 11) is 2.28. The zero-order valence-corrected chi connectivity index (χ0v) is 12.4. The maximum atomic E-state index is 11.3. The van der Waals surface area contributed by atoms with Crippen molar-refractivity contribution in [1.29, 1.82) is 0 Å². The van der Waals surface area contributed by atoms with Gasteiger partial charge in [0.05, 0.1) is 11.0 Å². The van der Waals surface area contributed by atoms with Crippen molar-refractivity contribution in [3.63, 3.8) is 0 Å². The van der Waals surface area contributed by atoms with Crippen LogP contribution in [0.1, 0.15) is 25.7 Å². The number of nitrogens with zero attached hydrogens (tertiary/aromatic N) is 1. The van der Waals surface area contributed by atoms with Crippen LogP contribution >= 0.6 is 11.8 Å². The number of nitrogens with one attached hydrogen (secondary N) is 2. The van der Waals surface area contributed by atoms with E-state index in [0.29, 0.717) is 5.25 Å². The first-order valence-electron chi connectivity index (χ1n) is 7.30. The van der Waals surface area contributed by atoms with Crippen LogP contribution in [0.15, 0.2) is 27.9 Å². The second-order valence-electron chi connectivity index (χ2n) is 6.05. The molecule has 2 aliphatic rings. The Morgan fingerprint density at radius 3 is 2.60 bits per heavy atom. The quantitative estimate of drug-likeness (QED) is 0.893. The van der Waals surface area contributed by atoms with Crippen molar-refractivity contribution in [2.75, 3.05) is 7.05 Å². The lowest BCUT2D eigenvalue weighted by Gasteiger charge is -2.36. The Labute approximate surface area is 121 Å². The summed E-state index contributed by atoms with van der Waals surface area (Å²) in [6.07, 6.45) is 5.31. The van der Waals surface area contributed by atoms with Gasteiger partial charge in [0.2, 0.25) is 0 Å². The summed E-state index contributed by atoms with van der Waals surface area (Å²) in [6.45, 7) is 0. The van der Waals surface area contributed by atoms with Crippen molar-refractivity contribution in [1.82, 2.24) is 14.9 Å². The number of rotatable bonds is 2. The number of H-pyrrole nitrogens is 2. The van der Waals surface area contributed by atoms with Gasteiger partial charge in [-0.1, -0.05) is 0 Å². The average Bonchev–Trinajstić information content (AvgIpc) is 2.85. The van der Waals surface area contributed by atoms with E-state index < -0.39 is 0 Å². The van der Waals surface area contributed by atoms with Gasteiger partial charge in [0.25, 0.3) is 0 Å². The number of piperidine rings is 1. The first-order chi connectivity index (χ1) is 9.69. The Kier molecular flexibility index (Phi) is 2.93. The van der Waals surface area contributed by atoms with Crippen LogP contribution in [0.5, 0.6) is 0 Å². The van der Waals surface area contributed by atoms with Gasteiger partial charge in [0.1, 0.15) is 0 Å². The van der Waals surface area contributed by atoms with E-state index in [0.717, 1.165) is 23.1 Å². The molecule has 2 unspecified atom stereocenters. The minimum absolute atomic E-state index is 0.125. The highest BCUT2D eigenvalue weighted by molar-refractivity contribution is 8.00. The number of aromatic amines is 2. The van der Waals surface area contributed by atoms with Crippen LogP contribution in [0.4, 0.5) is 0 Å². The highest BCUT2D eigenvalue weighted by Crippen LogP contribution is 2.41. The summed E-state index contributed by atoms with van der Waals surface area (Å²) in [6, 6.07) is 7.78. The van der Waals surface area contributed by atoms with Crippen LogP contribution in [-0.4, -0.2) is 39.2 Å². The van der Waals surface area contributed by atoms with Crippen LogP contribution in [0.3, 0.4) is 0 Å². The maximum absolute atomic E-state index is 11.3. The second kappa shape index (κ2) is 4.67. The average molecular weight is 289 g/mol. The molecule has 0 spiro atoms. The number of imidazole rings is 1. The van der Waals surface area contributed by atoms with Crippen molar-refractivity contribution >= 4 is 22.8 Å². The number of hydrogen-bond acceptors (Lipinski definition) is 3. The number of hydrogen-bond donors (Lipinski definition) is 2. The Morgan fingerprint density at radius 2 is 1.85 bits per heavy atom. The van der Waals surface area contributed by atoms with Crippen LogP contribution in [0, 0.1) is 0 Å².